The molecule has 71 heavy (non-hydrogen) atoms. The molecule has 394 valence electrons. The molecule has 0 fully saturated rings. The van der Waals surface area contributed by atoms with Gasteiger partial charge >= 0.3 is 17.9 Å². The van der Waals surface area contributed by atoms with Crippen LogP contribution in [0.4, 0.5) is 0 Å². The molecule has 0 amide bonds. The van der Waals surface area contributed by atoms with E-state index in [-0.39, 0.29) is 37.5 Å². The van der Waals surface area contributed by atoms with Crippen LogP contribution in [0.25, 0.3) is 0 Å². The molecule has 0 aliphatic carbocycles. The van der Waals surface area contributed by atoms with Crippen LogP contribution >= 0.6 is 0 Å². The molecule has 0 radical (unpaired) electrons. The Morgan fingerprint density at radius 3 is 0.972 bits per heavy atom. The zero-order valence-corrected chi connectivity index (χ0v) is 44.9. The molecule has 0 aliphatic heterocycles. The Hall–Kier alpha value is -5.23. The van der Waals surface area contributed by atoms with Gasteiger partial charge in [-0.15, -0.1) is 0 Å². The molecule has 0 saturated heterocycles. The fourth-order valence-electron chi connectivity index (χ4n) is 6.89. The molecule has 0 aromatic carbocycles. The number of rotatable bonds is 47. The van der Waals surface area contributed by atoms with Crippen molar-refractivity contribution in [2.75, 3.05) is 13.2 Å². The molecule has 0 bridgehead atoms. The van der Waals surface area contributed by atoms with E-state index in [0.717, 1.165) is 122 Å². The molecule has 0 N–H and O–H groups in total. The number of carbonyl (C=O) groups is 3. The predicted octanol–water partition coefficient (Wildman–Crippen LogP) is 18.8. The third-order valence-electron chi connectivity index (χ3n) is 11.0. The van der Waals surface area contributed by atoms with Gasteiger partial charge in [0.05, 0.1) is 0 Å². The maximum Gasteiger partial charge on any atom is 0.306 e. The normalized spacial score (nSPS) is 13.5. The number of unbranched alkanes of at least 4 members (excludes halogenated alkanes) is 16. The average molecular weight is 975 g/mol. The summed E-state index contributed by atoms with van der Waals surface area (Å²) in [5.41, 5.74) is 0. The van der Waals surface area contributed by atoms with Crippen LogP contribution in [0, 0.1) is 0 Å². The van der Waals surface area contributed by atoms with Crippen molar-refractivity contribution in [1.82, 2.24) is 0 Å². The highest BCUT2D eigenvalue weighted by Gasteiger charge is 2.19. The molecule has 0 rings (SSSR count). The van der Waals surface area contributed by atoms with Gasteiger partial charge in [0.25, 0.3) is 0 Å². The Bertz CT molecular complexity index is 1690. The van der Waals surface area contributed by atoms with Crippen LogP contribution in [0.15, 0.2) is 170 Å². The first-order valence-corrected chi connectivity index (χ1v) is 27.8. The van der Waals surface area contributed by atoms with E-state index >= 15 is 0 Å². The van der Waals surface area contributed by atoms with Gasteiger partial charge in [0.2, 0.25) is 0 Å². The summed E-state index contributed by atoms with van der Waals surface area (Å²) in [6, 6.07) is 0. The zero-order valence-electron chi connectivity index (χ0n) is 44.9. The Morgan fingerprint density at radius 2 is 0.577 bits per heavy atom. The smallest absolute Gasteiger partial charge is 0.306 e. The zero-order chi connectivity index (χ0) is 51.4. The number of carbonyl (C=O) groups excluding carboxylic acids is 3. The first-order chi connectivity index (χ1) is 35.0. The molecule has 0 heterocycles. The topological polar surface area (TPSA) is 78.9 Å². The van der Waals surface area contributed by atoms with Crippen molar-refractivity contribution < 1.29 is 28.6 Å². The van der Waals surface area contributed by atoms with Crippen LogP contribution in [-0.2, 0) is 28.6 Å². The van der Waals surface area contributed by atoms with E-state index in [1.807, 2.05) is 72.9 Å². The van der Waals surface area contributed by atoms with E-state index in [9.17, 15) is 14.4 Å². The lowest BCUT2D eigenvalue weighted by Gasteiger charge is -2.18. The molecule has 0 aromatic rings. The highest BCUT2D eigenvalue weighted by molar-refractivity contribution is 5.71. The van der Waals surface area contributed by atoms with Crippen molar-refractivity contribution >= 4 is 17.9 Å². The fourth-order valence-corrected chi connectivity index (χ4v) is 6.89. The average Bonchev–Trinajstić information content (AvgIpc) is 3.37. The minimum atomic E-state index is -0.821. The fraction of sp³-hybridized carbons (Fsp3) is 0.523. The van der Waals surface area contributed by atoms with Gasteiger partial charge in [0, 0.05) is 19.3 Å². The monoisotopic (exact) mass is 975 g/mol. The standard InChI is InChI=1S/C65H98O6/c1-4-7-10-13-16-19-22-25-28-30-32-34-37-40-43-46-49-52-55-58-64(67)70-61-62(60-69-63(66)57-54-51-48-45-42-39-36-27-24-21-18-15-12-9-6-3)71-65(68)59-56-53-50-47-44-41-38-35-33-31-29-26-23-20-17-14-11-8-5-2/h7-13,15-22,24-26,28-30,32-35,37,40,43,62H,4-6,14,23,27,31,36,38-39,41-42,44-61H2,1-3H3/b10-7-,11-8-,12-9-,16-13-,18-15-,20-17-,22-19-,24-21-,28-25-,29-26-,32-30+,35-33-,37-34-,43-40-. The summed E-state index contributed by atoms with van der Waals surface area (Å²) in [6.45, 7) is 6.17. The van der Waals surface area contributed by atoms with Crippen molar-refractivity contribution in [1.29, 1.82) is 0 Å². The highest BCUT2D eigenvalue weighted by atomic mass is 16.6. The first-order valence-electron chi connectivity index (χ1n) is 27.8. The van der Waals surface area contributed by atoms with E-state index in [1.165, 1.54) is 32.1 Å². The Balaban J connectivity index is 4.58. The molecule has 0 saturated carbocycles. The van der Waals surface area contributed by atoms with Gasteiger partial charge in [-0.25, -0.2) is 0 Å². The molecule has 1 atom stereocenters. The van der Waals surface area contributed by atoms with Crippen LogP contribution in [0.2, 0.25) is 0 Å². The molecule has 0 aliphatic rings. The second-order valence-corrected chi connectivity index (χ2v) is 17.6. The van der Waals surface area contributed by atoms with Crippen molar-refractivity contribution in [2.45, 2.75) is 207 Å². The minimum Gasteiger partial charge on any atom is -0.462 e. The summed E-state index contributed by atoms with van der Waals surface area (Å²) >= 11 is 0. The minimum absolute atomic E-state index is 0.114. The van der Waals surface area contributed by atoms with Gasteiger partial charge < -0.3 is 14.2 Å². The van der Waals surface area contributed by atoms with E-state index < -0.39 is 6.10 Å². The van der Waals surface area contributed by atoms with E-state index in [4.69, 9.17) is 14.2 Å². The molecule has 1 unspecified atom stereocenters. The van der Waals surface area contributed by atoms with Crippen molar-refractivity contribution in [2.24, 2.45) is 0 Å². The number of esters is 3. The second-order valence-electron chi connectivity index (χ2n) is 17.6. The number of allylic oxidation sites excluding steroid dienone is 28. The molecule has 6 heteroatoms. The van der Waals surface area contributed by atoms with Crippen LogP contribution in [-0.4, -0.2) is 37.2 Å². The summed E-state index contributed by atoms with van der Waals surface area (Å²) in [7, 11) is 0. The maximum atomic E-state index is 12.9. The van der Waals surface area contributed by atoms with Crippen molar-refractivity contribution in [3.05, 3.63) is 170 Å². The quantitative estimate of drug-likeness (QED) is 0.0199. The summed E-state index contributed by atoms with van der Waals surface area (Å²) in [5, 5.41) is 0. The number of hydrogen-bond acceptors (Lipinski definition) is 6. The Morgan fingerprint density at radius 1 is 0.296 bits per heavy atom. The molecular weight excluding hydrogens is 877 g/mol. The summed E-state index contributed by atoms with van der Waals surface area (Å²) in [5.74, 6) is -0.998. The van der Waals surface area contributed by atoms with Gasteiger partial charge in [-0.3, -0.25) is 14.4 Å². The lowest BCUT2D eigenvalue weighted by atomic mass is 10.1. The highest BCUT2D eigenvalue weighted by Crippen LogP contribution is 2.13. The van der Waals surface area contributed by atoms with Crippen LogP contribution in [0.3, 0.4) is 0 Å². The van der Waals surface area contributed by atoms with Crippen LogP contribution in [0.5, 0.6) is 0 Å². The summed E-state index contributed by atoms with van der Waals surface area (Å²) in [4.78, 5) is 38.2. The van der Waals surface area contributed by atoms with Gasteiger partial charge in [-0.2, -0.15) is 0 Å². The Kier molecular flexibility index (Phi) is 53.1. The third kappa shape index (κ3) is 55.6. The van der Waals surface area contributed by atoms with Gasteiger partial charge in [0.15, 0.2) is 6.10 Å². The largest absolute Gasteiger partial charge is 0.462 e. The van der Waals surface area contributed by atoms with Gasteiger partial charge in [-0.1, -0.05) is 255 Å². The van der Waals surface area contributed by atoms with Crippen molar-refractivity contribution in [3.8, 4) is 0 Å². The van der Waals surface area contributed by atoms with E-state index in [0.29, 0.717) is 19.3 Å². The van der Waals surface area contributed by atoms with Crippen LogP contribution in [0.1, 0.15) is 201 Å². The third-order valence-corrected chi connectivity index (χ3v) is 11.0. The Labute approximate surface area is 434 Å². The molecular formula is C65H98O6. The predicted molar refractivity (Wildman–Crippen MR) is 306 cm³/mol. The first kappa shape index (κ1) is 65.8. The number of hydrogen-bond donors (Lipinski definition) is 0. The molecule has 0 aromatic heterocycles. The lowest BCUT2D eigenvalue weighted by molar-refractivity contribution is -0.167. The van der Waals surface area contributed by atoms with E-state index in [1.54, 1.807) is 0 Å². The second kappa shape index (κ2) is 57.3. The lowest BCUT2D eigenvalue weighted by Crippen LogP contribution is -2.30. The molecule has 0 spiro atoms. The summed E-state index contributed by atoms with van der Waals surface area (Å²) in [6.07, 6.45) is 84.7. The van der Waals surface area contributed by atoms with Gasteiger partial charge in [-0.05, 0) is 96.3 Å². The van der Waals surface area contributed by atoms with Gasteiger partial charge in [0.1, 0.15) is 13.2 Å². The number of ether oxygens (including phenoxy) is 3. The van der Waals surface area contributed by atoms with E-state index in [2.05, 4.69) is 118 Å². The SMILES string of the molecule is CC\C=C/C=C\C=C/C=C\C=C\C=C/C=C\CCCCCC(=O)OCC(COC(=O)CCCCCCCCC\C=C/C=C\C=C/CC)OC(=O)CCCCCCCC/C=C\C/C=C\C/C=C\C/C=C\CC. The molecule has 6 nitrogen and oxygen atoms in total. The van der Waals surface area contributed by atoms with Crippen LogP contribution < -0.4 is 0 Å². The summed E-state index contributed by atoms with van der Waals surface area (Å²) < 4.78 is 16.8. The van der Waals surface area contributed by atoms with Crippen molar-refractivity contribution in [3.63, 3.8) is 0 Å². The maximum absolute atomic E-state index is 12.9.